The van der Waals surface area contributed by atoms with E-state index in [0.29, 0.717) is 27.7 Å². The maximum absolute atomic E-state index is 12.8. The van der Waals surface area contributed by atoms with E-state index in [4.69, 9.17) is 16.1 Å². The van der Waals surface area contributed by atoms with E-state index in [0.717, 1.165) is 15.8 Å². The summed E-state index contributed by atoms with van der Waals surface area (Å²) in [6.07, 6.45) is 1.57. The van der Waals surface area contributed by atoms with E-state index < -0.39 is 11.6 Å². The summed E-state index contributed by atoms with van der Waals surface area (Å²) in [5, 5.41) is 11.7. The molecule has 0 bridgehead atoms. The lowest BCUT2D eigenvalue weighted by Gasteiger charge is -2.09. The van der Waals surface area contributed by atoms with Crippen LogP contribution < -0.4 is 11.0 Å². The van der Waals surface area contributed by atoms with Crippen LogP contribution in [0.1, 0.15) is 5.56 Å². The van der Waals surface area contributed by atoms with Gasteiger partial charge in [-0.2, -0.15) is 4.98 Å². The zero-order valence-electron chi connectivity index (χ0n) is 17.4. The minimum absolute atomic E-state index is 0.218. The molecule has 0 saturated carbocycles. The predicted octanol–water partition coefficient (Wildman–Crippen LogP) is 3.81. The highest BCUT2D eigenvalue weighted by Gasteiger charge is 2.19. The topological polar surface area (TPSA) is 107 Å². The fourth-order valence-corrected chi connectivity index (χ4v) is 3.59. The number of hydrogen-bond acceptors (Lipinski definition) is 6. The molecular weight excluding hydrogens is 444 g/mol. The first-order chi connectivity index (χ1) is 16.0. The number of nitrogens with one attached hydrogen (secondary N) is 1. The minimum atomic E-state index is -0.465. The van der Waals surface area contributed by atoms with Crippen LogP contribution in [-0.2, 0) is 11.3 Å². The van der Waals surface area contributed by atoms with Gasteiger partial charge in [-0.05, 0) is 36.8 Å². The first-order valence-electron chi connectivity index (χ1n) is 10.0. The normalized spacial score (nSPS) is 11.1. The van der Waals surface area contributed by atoms with E-state index in [1.165, 1.54) is 4.40 Å². The number of aromatic nitrogens is 5. The van der Waals surface area contributed by atoms with Crippen molar-refractivity contribution in [3.05, 3.63) is 87.9 Å². The number of amides is 1. The van der Waals surface area contributed by atoms with Crippen molar-refractivity contribution in [1.82, 2.24) is 24.3 Å². The van der Waals surface area contributed by atoms with Gasteiger partial charge in [0.1, 0.15) is 6.54 Å². The van der Waals surface area contributed by atoms with Gasteiger partial charge in [0.05, 0.1) is 5.56 Å². The molecule has 3 heterocycles. The number of anilines is 1. The lowest BCUT2D eigenvalue weighted by Crippen LogP contribution is -2.28. The van der Waals surface area contributed by atoms with Crippen molar-refractivity contribution in [3.63, 3.8) is 0 Å². The second kappa shape index (κ2) is 8.36. The first kappa shape index (κ1) is 20.7. The molecule has 3 aromatic heterocycles. The van der Waals surface area contributed by atoms with Gasteiger partial charge >= 0.3 is 5.69 Å². The fourth-order valence-electron chi connectivity index (χ4n) is 3.41. The van der Waals surface area contributed by atoms with Gasteiger partial charge in [0.2, 0.25) is 11.7 Å². The molecular formula is C23H17ClN6O3. The summed E-state index contributed by atoms with van der Waals surface area (Å²) >= 11 is 6.11. The predicted molar refractivity (Wildman–Crippen MR) is 123 cm³/mol. The quantitative estimate of drug-likeness (QED) is 0.427. The lowest BCUT2D eigenvalue weighted by molar-refractivity contribution is -0.117. The number of rotatable bonds is 5. The smallest absolute Gasteiger partial charge is 0.333 e. The van der Waals surface area contributed by atoms with Crippen molar-refractivity contribution in [2.75, 3.05) is 5.32 Å². The molecule has 0 spiro atoms. The monoisotopic (exact) mass is 460 g/mol. The summed E-state index contributed by atoms with van der Waals surface area (Å²) in [5.74, 6) is 0.234. The number of halogens is 1. The molecule has 0 saturated heterocycles. The molecule has 0 aliphatic rings. The van der Waals surface area contributed by atoms with Crippen LogP contribution in [0.25, 0.3) is 28.5 Å². The molecule has 1 amide bonds. The Morgan fingerprint density at radius 1 is 1.09 bits per heavy atom. The molecule has 0 fully saturated rings. The second-order valence-electron chi connectivity index (χ2n) is 7.31. The molecule has 0 radical (unpaired) electrons. The van der Waals surface area contributed by atoms with Crippen LogP contribution in [0, 0.1) is 6.92 Å². The Kier molecular flexibility index (Phi) is 5.23. The summed E-state index contributed by atoms with van der Waals surface area (Å²) < 4.78 is 7.85. The maximum Gasteiger partial charge on any atom is 0.350 e. The molecule has 1 N–H and O–H groups in total. The van der Waals surface area contributed by atoms with E-state index in [1.807, 2.05) is 30.3 Å². The first-order valence-corrected chi connectivity index (χ1v) is 10.4. The van der Waals surface area contributed by atoms with E-state index in [9.17, 15) is 9.59 Å². The van der Waals surface area contributed by atoms with Crippen LogP contribution in [0.2, 0.25) is 5.02 Å². The van der Waals surface area contributed by atoms with Gasteiger partial charge in [0.15, 0.2) is 5.65 Å². The van der Waals surface area contributed by atoms with Crippen molar-refractivity contribution < 1.29 is 9.32 Å². The Labute approximate surface area is 192 Å². The summed E-state index contributed by atoms with van der Waals surface area (Å²) in [6.45, 7) is 1.53. The summed E-state index contributed by atoms with van der Waals surface area (Å²) in [7, 11) is 0. The molecule has 0 unspecified atom stereocenters. The SMILES string of the molecule is Cc1c(Cl)cccc1NC(=O)Cn1nc2c(-c3nc(-c4ccccc4)no3)cccn2c1=O. The van der Waals surface area contributed by atoms with Crippen LogP contribution in [0.3, 0.4) is 0 Å². The van der Waals surface area contributed by atoms with Gasteiger partial charge in [-0.1, -0.05) is 53.2 Å². The van der Waals surface area contributed by atoms with Crippen LogP contribution in [0.4, 0.5) is 5.69 Å². The average Bonchev–Trinajstić information content (AvgIpc) is 3.43. The zero-order chi connectivity index (χ0) is 22.9. The number of pyridine rings is 1. The Balaban J connectivity index is 1.46. The number of fused-ring (bicyclic) bond motifs is 1. The van der Waals surface area contributed by atoms with E-state index in [-0.39, 0.29) is 12.4 Å². The van der Waals surface area contributed by atoms with Crippen molar-refractivity contribution >= 4 is 28.8 Å². The number of nitrogens with zero attached hydrogens (tertiary/aromatic N) is 5. The number of carbonyl (C=O) groups excluding carboxylic acids is 1. The van der Waals surface area contributed by atoms with Crippen LogP contribution in [-0.4, -0.2) is 30.2 Å². The van der Waals surface area contributed by atoms with Gasteiger partial charge < -0.3 is 9.84 Å². The Morgan fingerprint density at radius 3 is 2.73 bits per heavy atom. The van der Waals surface area contributed by atoms with Crippen molar-refractivity contribution in [2.24, 2.45) is 0 Å². The third-order valence-electron chi connectivity index (χ3n) is 5.13. The molecule has 33 heavy (non-hydrogen) atoms. The Hall–Kier alpha value is -4.24. The summed E-state index contributed by atoms with van der Waals surface area (Å²) in [4.78, 5) is 29.9. The molecule has 5 aromatic rings. The van der Waals surface area contributed by atoms with Crippen LogP contribution in [0.15, 0.2) is 76.2 Å². The molecule has 0 atom stereocenters. The van der Waals surface area contributed by atoms with Crippen molar-refractivity contribution in [1.29, 1.82) is 0 Å². The minimum Gasteiger partial charge on any atom is -0.333 e. The van der Waals surface area contributed by atoms with E-state index in [1.54, 1.807) is 43.5 Å². The van der Waals surface area contributed by atoms with Crippen molar-refractivity contribution in [2.45, 2.75) is 13.5 Å². The van der Waals surface area contributed by atoms with Gasteiger partial charge in [0.25, 0.3) is 5.89 Å². The summed E-state index contributed by atoms with van der Waals surface area (Å²) in [5.41, 5.74) is 2.43. The zero-order valence-corrected chi connectivity index (χ0v) is 18.2. The van der Waals surface area contributed by atoms with Crippen LogP contribution in [0.5, 0.6) is 0 Å². The van der Waals surface area contributed by atoms with Gasteiger partial charge in [-0.3, -0.25) is 4.79 Å². The highest BCUT2D eigenvalue weighted by Crippen LogP contribution is 2.25. The number of carbonyl (C=O) groups is 1. The molecule has 164 valence electrons. The molecule has 9 nitrogen and oxygen atoms in total. The Bertz CT molecular complexity index is 1540. The molecule has 10 heteroatoms. The van der Waals surface area contributed by atoms with E-state index >= 15 is 0 Å². The summed E-state index contributed by atoms with van der Waals surface area (Å²) in [6, 6.07) is 18.0. The third kappa shape index (κ3) is 3.90. The highest BCUT2D eigenvalue weighted by molar-refractivity contribution is 6.31. The maximum atomic E-state index is 12.8. The Morgan fingerprint density at radius 2 is 1.91 bits per heavy atom. The van der Waals surface area contributed by atoms with Gasteiger partial charge in [-0.25, -0.2) is 13.9 Å². The van der Waals surface area contributed by atoms with E-state index in [2.05, 4.69) is 20.6 Å². The van der Waals surface area contributed by atoms with Gasteiger partial charge in [0, 0.05) is 22.5 Å². The average molecular weight is 461 g/mol. The lowest BCUT2D eigenvalue weighted by atomic mass is 10.2. The number of hydrogen-bond donors (Lipinski definition) is 1. The molecule has 0 aliphatic heterocycles. The largest absolute Gasteiger partial charge is 0.350 e. The number of benzene rings is 2. The standard InChI is InChI=1S/C23H17ClN6O3/c1-14-17(24)10-5-11-18(14)25-19(31)13-30-23(32)29-12-6-9-16(21(29)27-30)22-26-20(28-33-22)15-7-3-2-4-8-15/h2-12H,13H2,1H3,(H,25,31). The second-order valence-corrected chi connectivity index (χ2v) is 7.71. The molecule has 5 rings (SSSR count). The van der Waals surface area contributed by atoms with Crippen molar-refractivity contribution in [3.8, 4) is 22.8 Å². The van der Waals surface area contributed by atoms with Crippen LogP contribution >= 0.6 is 11.6 Å². The fraction of sp³-hybridized carbons (Fsp3) is 0.0870. The third-order valence-corrected chi connectivity index (χ3v) is 5.54. The van der Waals surface area contributed by atoms with Gasteiger partial charge in [-0.15, -0.1) is 5.10 Å². The molecule has 2 aromatic carbocycles. The highest BCUT2D eigenvalue weighted by atomic mass is 35.5. The molecule has 0 aliphatic carbocycles.